The van der Waals surface area contributed by atoms with Gasteiger partial charge in [-0.15, -0.1) is 0 Å². The fraction of sp³-hybridized carbons (Fsp3) is 0.679. The number of likely N-dealkylation sites (tertiary alicyclic amines) is 2. The van der Waals surface area contributed by atoms with Crippen LogP contribution in [0.4, 0.5) is 4.79 Å². The summed E-state index contributed by atoms with van der Waals surface area (Å²) in [5.74, 6) is -2.16. The molecule has 9 heteroatoms. The summed E-state index contributed by atoms with van der Waals surface area (Å²) in [5, 5.41) is 19.0. The first-order chi connectivity index (χ1) is 17.4. The highest BCUT2D eigenvalue weighted by Gasteiger charge is 2.38. The lowest BCUT2D eigenvalue weighted by molar-refractivity contribution is -0.105. The van der Waals surface area contributed by atoms with Gasteiger partial charge >= 0.3 is 18.0 Å². The maximum atomic E-state index is 12.3. The highest BCUT2D eigenvalue weighted by atomic mass is 16.6. The third kappa shape index (κ3) is 6.44. The lowest BCUT2D eigenvalue weighted by Crippen LogP contribution is -2.52. The molecule has 1 amide bonds. The number of hydrogen-bond acceptors (Lipinski definition) is 6. The van der Waals surface area contributed by atoms with Crippen LogP contribution in [-0.2, 0) is 9.47 Å². The highest BCUT2D eigenvalue weighted by molar-refractivity contribution is 6.03. The molecule has 0 spiro atoms. The standard InChI is InChI=1S/C28H40N2O7/c1-17-22(5-6-23(25(31)32)24(17)26(33)34)18-7-11-29(12-8-18)19-15-21(16-19)36-20-9-13-30(14-10-20)27(35)37-28(2,3)4/h5-6,18-21H,7-16H2,1-4H3,(H,31,32)(H,33,34)/t19-,21-. The largest absolute Gasteiger partial charge is 0.478 e. The average molecular weight is 517 g/mol. The zero-order valence-electron chi connectivity index (χ0n) is 22.4. The van der Waals surface area contributed by atoms with Crippen LogP contribution in [0.5, 0.6) is 0 Å². The molecule has 204 valence electrons. The van der Waals surface area contributed by atoms with Crippen LogP contribution in [0.1, 0.15) is 97.1 Å². The molecule has 9 nitrogen and oxygen atoms in total. The number of aromatic carboxylic acids is 2. The van der Waals surface area contributed by atoms with E-state index in [1.807, 2.05) is 20.8 Å². The SMILES string of the molecule is Cc1c(C2CCN([C@H]3C[C@H](OC4CCN(C(=O)OC(C)(C)C)CC4)C3)CC2)ccc(C(=O)O)c1C(=O)O. The van der Waals surface area contributed by atoms with Crippen molar-refractivity contribution in [2.75, 3.05) is 26.2 Å². The van der Waals surface area contributed by atoms with Gasteiger partial charge in [-0.2, -0.15) is 0 Å². The van der Waals surface area contributed by atoms with Gasteiger partial charge in [0.15, 0.2) is 0 Å². The van der Waals surface area contributed by atoms with E-state index in [4.69, 9.17) is 9.47 Å². The molecule has 0 bridgehead atoms. The Kier molecular flexibility index (Phi) is 8.14. The predicted octanol–water partition coefficient (Wildman–Crippen LogP) is 4.52. The number of amides is 1. The molecule has 1 aromatic carbocycles. The van der Waals surface area contributed by atoms with E-state index in [-0.39, 0.29) is 35.3 Å². The van der Waals surface area contributed by atoms with E-state index < -0.39 is 17.5 Å². The second-order valence-corrected chi connectivity index (χ2v) is 11.7. The van der Waals surface area contributed by atoms with Crippen LogP contribution in [0.2, 0.25) is 0 Å². The number of rotatable bonds is 6. The minimum Gasteiger partial charge on any atom is -0.478 e. The fourth-order valence-corrected chi connectivity index (χ4v) is 5.92. The Morgan fingerprint density at radius 1 is 0.892 bits per heavy atom. The fourth-order valence-electron chi connectivity index (χ4n) is 5.92. The number of hydrogen-bond donors (Lipinski definition) is 2. The first kappa shape index (κ1) is 27.4. The van der Waals surface area contributed by atoms with E-state index in [2.05, 4.69) is 4.90 Å². The number of benzene rings is 1. The first-order valence-electron chi connectivity index (χ1n) is 13.4. The molecule has 1 saturated carbocycles. The van der Waals surface area contributed by atoms with Gasteiger partial charge in [0.05, 0.1) is 23.3 Å². The summed E-state index contributed by atoms with van der Waals surface area (Å²) in [6.07, 6.45) is 5.79. The Hall–Kier alpha value is -2.65. The molecule has 3 fully saturated rings. The van der Waals surface area contributed by atoms with Crippen molar-refractivity contribution < 1.29 is 34.1 Å². The van der Waals surface area contributed by atoms with E-state index in [1.54, 1.807) is 17.9 Å². The third-order valence-electron chi connectivity index (χ3n) is 7.99. The number of piperidine rings is 2. The quantitative estimate of drug-likeness (QED) is 0.567. The van der Waals surface area contributed by atoms with E-state index in [0.29, 0.717) is 24.7 Å². The normalized spacial score (nSPS) is 23.9. The predicted molar refractivity (Wildman–Crippen MR) is 137 cm³/mol. The summed E-state index contributed by atoms with van der Waals surface area (Å²) in [6, 6.07) is 3.75. The smallest absolute Gasteiger partial charge is 0.410 e. The topological polar surface area (TPSA) is 117 Å². The maximum Gasteiger partial charge on any atom is 0.410 e. The van der Waals surface area contributed by atoms with E-state index in [9.17, 15) is 24.6 Å². The van der Waals surface area contributed by atoms with Crippen LogP contribution >= 0.6 is 0 Å². The number of ether oxygens (including phenoxy) is 2. The highest BCUT2D eigenvalue weighted by Crippen LogP contribution is 2.37. The van der Waals surface area contributed by atoms with Crippen molar-refractivity contribution in [2.24, 2.45) is 0 Å². The van der Waals surface area contributed by atoms with Crippen LogP contribution in [0.25, 0.3) is 0 Å². The zero-order chi connectivity index (χ0) is 26.9. The van der Waals surface area contributed by atoms with Gasteiger partial charge in [-0.1, -0.05) is 6.07 Å². The van der Waals surface area contributed by atoms with Crippen LogP contribution in [0.15, 0.2) is 12.1 Å². The second kappa shape index (κ2) is 11.0. The van der Waals surface area contributed by atoms with Gasteiger partial charge in [-0.3, -0.25) is 0 Å². The van der Waals surface area contributed by atoms with Gasteiger partial charge in [-0.05, 0) is 102 Å². The molecular formula is C28H40N2O7. The molecule has 37 heavy (non-hydrogen) atoms. The van der Waals surface area contributed by atoms with Crippen molar-refractivity contribution in [3.8, 4) is 0 Å². The zero-order valence-corrected chi connectivity index (χ0v) is 22.4. The van der Waals surface area contributed by atoms with Crippen LogP contribution in [-0.4, -0.2) is 88.1 Å². The van der Waals surface area contributed by atoms with E-state index >= 15 is 0 Å². The number of nitrogens with zero attached hydrogens (tertiary/aromatic N) is 2. The number of carboxylic acid groups (broad SMARTS) is 2. The van der Waals surface area contributed by atoms with Gasteiger partial charge in [-0.25, -0.2) is 14.4 Å². The third-order valence-corrected chi connectivity index (χ3v) is 7.99. The van der Waals surface area contributed by atoms with Gasteiger partial charge < -0.3 is 29.5 Å². The Morgan fingerprint density at radius 3 is 2.05 bits per heavy atom. The van der Waals surface area contributed by atoms with Gasteiger partial charge in [0, 0.05) is 19.1 Å². The Bertz CT molecular complexity index is 1010. The van der Waals surface area contributed by atoms with E-state index in [0.717, 1.165) is 57.2 Å². The molecule has 2 aliphatic heterocycles. The van der Waals surface area contributed by atoms with Crippen molar-refractivity contribution in [3.63, 3.8) is 0 Å². The molecule has 2 heterocycles. The van der Waals surface area contributed by atoms with Crippen molar-refractivity contribution in [1.82, 2.24) is 9.80 Å². The average Bonchev–Trinajstić information content (AvgIpc) is 2.80. The van der Waals surface area contributed by atoms with Crippen LogP contribution in [0.3, 0.4) is 0 Å². The maximum absolute atomic E-state index is 12.3. The van der Waals surface area contributed by atoms with Gasteiger partial charge in [0.1, 0.15) is 5.60 Å². The Morgan fingerprint density at radius 2 is 1.51 bits per heavy atom. The van der Waals surface area contributed by atoms with Crippen LogP contribution in [0, 0.1) is 6.92 Å². The molecule has 3 aliphatic rings. The molecule has 1 aromatic rings. The number of carboxylic acids is 2. The lowest BCUT2D eigenvalue weighted by atomic mass is 9.81. The van der Waals surface area contributed by atoms with Crippen molar-refractivity contribution in [3.05, 3.63) is 34.4 Å². The van der Waals surface area contributed by atoms with Gasteiger partial charge in [0.2, 0.25) is 0 Å². The second-order valence-electron chi connectivity index (χ2n) is 11.7. The molecule has 0 radical (unpaired) electrons. The van der Waals surface area contributed by atoms with Crippen LogP contribution < -0.4 is 0 Å². The van der Waals surface area contributed by atoms with Crippen molar-refractivity contribution in [2.45, 2.75) is 96.0 Å². The summed E-state index contributed by atoms with van der Waals surface area (Å²) in [7, 11) is 0. The Balaban J connectivity index is 1.21. The molecule has 2 saturated heterocycles. The molecule has 4 rings (SSSR count). The number of carbonyl (C=O) groups excluding carboxylic acids is 1. The molecule has 2 N–H and O–H groups in total. The monoisotopic (exact) mass is 516 g/mol. The van der Waals surface area contributed by atoms with Crippen molar-refractivity contribution >= 4 is 18.0 Å². The summed E-state index contributed by atoms with van der Waals surface area (Å²) in [6.45, 7) is 10.6. The van der Waals surface area contributed by atoms with Crippen molar-refractivity contribution in [1.29, 1.82) is 0 Å². The summed E-state index contributed by atoms with van der Waals surface area (Å²) < 4.78 is 11.8. The molecule has 1 aliphatic carbocycles. The first-order valence-corrected chi connectivity index (χ1v) is 13.4. The lowest BCUT2D eigenvalue weighted by Gasteiger charge is -2.47. The minimum atomic E-state index is -1.21. The number of carbonyl (C=O) groups is 3. The Labute approximate surface area is 218 Å². The van der Waals surface area contributed by atoms with Gasteiger partial charge in [0.25, 0.3) is 0 Å². The molecule has 0 atom stereocenters. The van der Waals surface area contributed by atoms with E-state index in [1.165, 1.54) is 6.07 Å². The summed E-state index contributed by atoms with van der Waals surface area (Å²) in [4.78, 5) is 39.7. The molecule has 0 unspecified atom stereocenters. The summed E-state index contributed by atoms with van der Waals surface area (Å²) in [5.41, 5.74) is 0.797. The molecule has 0 aromatic heterocycles. The summed E-state index contributed by atoms with van der Waals surface area (Å²) >= 11 is 0. The minimum absolute atomic E-state index is 0.0941. The molecular weight excluding hydrogens is 476 g/mol.